The van der Waals surface area contributed by atoms with Gasteiger partial charge in [0.1, 0.15) is 6.61 Å². The topological polar surface area (TPSA) is 72.6 Å². The van der Waals surface area contributed by atoms with Crippen molar-refractivity contribution >= 4 is 17.5 Å². The Labute approximate surface area is 164 Å². The minimum absolute atomic E-state index is 0.0669. The van der Waals surface area contributed by atoms with E-state index in [4.69, 9.17) is 10.5 Å². The Balaban J connectivity index is 1.76. The lowest BCUT2D eigenvalue weighted by Gasteiger charge is -2.23. The molecule has 0 aliphatic carbocycles. The molecule has 0 radical (unpaired) electrons. The molecule has 0 saturated carbocycles. The zero-order chi connectivity index (χ0) is 19.8. The van der Waals surface area contributed by atoms with Crippen molar-refractivity contribution in [2.24, 2.45) is 5.73 Å². The van der Waals surface area contributed by atoms with Crippen LogP contribution >= 0.6 is 0 Å². The van der Waals surface area contributed by atoms with Gasteiger partial charge >= 0.3 is 0 Å². The maximum atomic E-state index is 12.9. The standard InChI is InChI=1S/C23H22N2O3/c24-23(27)20-12-7-13-21(14-20)25(15-18-8-3-1-4-9-18)22(26)17-28-16-19-10-5-2-6-11-19/h1-14H,15-17H2,(H2,24,27). The largest absolute Gasteiger partial charge is 0.367 e. The van der Waals surface area contributed by atoms with E-state index in [-0.39, 0.29) is 12.5 Å². The molecule has 5 heteroatoms. The third kappa shape index (κ3) is 5.28. The minimum Gasteiger partial charge on any atom is -0.367 e. The fourth-order valence-electron chi connectivity index (χ4n) is 2.82. The van der Waals surface area contributed by atoms with Crippen molar-refractivity contribution in [3.63, 3.8) is 0 Å². The lowest BCUT2D eigenvalue weighted by molar-refractivity contribution is -0.123. The molecule has 3 aromatic rings. The second kappa shape index (κ2) is 9.48. The number of carbonyl (C=O) groups is 2. The summed E-state index contributed by atoms with van der Waals surface area (Å²) < 4.78 is 5.62. The Hall–Kier alpha value is -3.44. The lowest BCUT2D eigenvalue weighted by Crippen LogP contribution is -2.33. The number of ether oxygens (including phenoxy) is 1. The number of amides is 2. The zero-order valence-electron chi connectivity index (χ0n) is 15.5. The molecule has 142 valence electrons. The molecule has 2 amide bonds. The SMILES string of the molecule is NC(=O)c1cccc(N(Cc2ccccc2)C(=O)COCc2ccccc2)c1. The first kappa shape index (κ1) is 19.3. The summed E-state index contributed by atoms with van der Waals surface area (Å²) in [5.74, 6) is -0.726. The van der Waals surface area contributed by atoms with Crippen LogP contribution in [0.25, 0.3) is 0 Å². The van der Waals surface area contributed by atoms with E-state index in [1.807, 2.05) is 60.7 Å². The molecule has 2 N–H and O–H groups in total. The van der Waals surface area contributed by atoms with Crippen molar-refractivity contribution in [1.82, 2.24) is 0 Å². The number of primary amides is 1. The number of nitrogens with zero attached hydrogens (tertiary/aromatic N) is 1. The fraction of sp³-hybridized carbons (Fsp3) is 0.130. The summed E-state index contributed by atoms with van der Waals surface area (Å²) in [6.45, 7) is 0.659. The van der Waals surface area contributed by atoms with Gasteiger partial charge in [-0.2, -0.15) is 0 Å². The van der Waals surface area contributed by atoms with Crippen LogP contribution in [-0.4, -0.2) is 18.4 Å². The Kier molecular flexibility index (Phi) is 6.54. The van der Waals surface area contributed by atoms with E-state index < -0.39 is 5.91 Å². The van der Waals surface area contributed by atoms with Gasteiger partial charge in [-0.1, -0.05) is 66.7 Å². The van der Waals surface area contributed by atoms with Gasteiger partial charge in [-0.05, 0) is 29.3 Å². The highest BCUT2D eigenvalue weighted by Gasteiger charge is 2.17. The van der Waals surface area contributed by atoms with Gasteiger partial charge in [0.2, 0.25) is 5.91 Å². The fourth-order valence-corrected chi connectivity index (χ4v) is 2.82. The van der Waals surface area contributed by atoms with Gasteiger partial charge in [-0.3, -0.25) is 9.59 Å². The first-order valence-corrected chi connectivity index (χ1v) is 8.99. The monoisotopic (exact) mass is 374 g/mol. The molecule has 0 aliphatic rings. The second-order valence-electron chi connectivity index (χ2n) is 6.36. The third-order valence-corrected chi connectivity index (χ3v) is 4.26. The summed E-state index contributed by atoms with van der Waals surface area (Å²) in [4.78, 5) is 26.0. The second-order valence-corrected chi connectivity index (χ2v) is 6.36. The number of nitrogens with two attached hydrogens (primary N) is 1. The van der Waals surface area contributed by atoms with Crippen LogP contribution in [0.3, 0.4) is 0 Å². The highest BCUT2D eigenvalue weighted by molar-refractivity contribution is 5.97. The molecular formula is C23H22N2O3. The van der Waals surface area contributed by atoms with E-state index in [1.165, 1.54) is 0 Å². The predicted octanol–water partition coefficient (Wildman–Crippen LogP) is 3.54. The summed E-state index contributed by atoms with van der Waals surface area (Å²) >= 11 is 0. The minimum atomic E-state index is -0.533. The molecular weight excluding hydrogens is 352 g/mol. The Morgan fingerprint density at radius 2 is 1.46 bits per heavy atom. The molecule has 0 fully saturated rings. The predicted molar refractivity (Wildman–Crippen MR) is 109 cm³/mol. The van der Waals surface area contributed by atoms with Crippen LogP contribution in [0.15, 0.2) is 84.9 Å². The maximum Gasteiger partial charge on any atom is 0.253 e. The summed E-state index contributed by atoms with van der Waals surface area (Å²) in [7, 11) is 0. The number of carbonyl (C=O) groups excluding carboxylic acids is 2. The normalized spacial score (nSPS) is 10.4. The Morgan fingerprint density at radius 3 is 2.11 bits per heavy atom. The molecule has 0 bridgehead atoms. The molecule has 5 nitrogen and oxygen atoms in total. The number of hydrogen-bond acceptors (Lipinski definition) is 3. The third-order valence-electron chi connectivity index (χ3n) is 4.26. The highest BCUT2D eigenvalue weighted by atomic mass is 16.5. The van der Waals surface area contributed by atoms with E-state index in [2.05, 4.69) is 0 Å². The van der Waals surface area contributed by atoms with Gasteiger partial charge in [-0.25, -0.2) is 0 Å². The maximum absolute atomic E-state index is 12.9. The smallest absolute Gasteiger partial charge is 0.253 e. The van der Waals surface area contributed by atoms with Gasteiger partial charge in [-0.15, -0.1) is 0 Å². The van der Waals surface area contributed by atoms with Crippen molar-refractivity contribution in [2.75, 3.05) is 11.5 Å². The van der Waals surface area contributed by atoms with Crippen LogP contribution in [-0.2, 0) is 22.7 Å². The van der Waals surface area contributed by atoms with E-state index in [0.29, 0.717) is 24.4 Å². The average molecular weight is 374 g/mol. The van der Waals surface area contributed by atoms with Gasteiger partial charge in [0.05, 0.1) is 13.2 Å². The van der Waals surface area contributed by atoms with Gasteiger partial charge in [0.25, 0.3) is 5.91 Å². The van der Waals surface area contributed by atoms with Crippen LogP contribution < -0.4 is 10.6 Å². The zero-order valence-corrected chi connectivity index (χ0v) is 15.5. The van der Waals surface area contributed by atoms with E-state index in [9.17, 15) is 9.59 Å². The van der Waals surface area contributed by atoms with Crippen molar-refractivity contribution in [1.29, 1.82) is 0 Å². The highest BCUT2D eigenvalue weighted by Crippen LogP contribution is 2.19. The number of hydrogen-bond donors (Lipinski definition) is 1. The van der Waals surface area contributed by atoms with Crippen molar-refractivity contribution in [2.45, 2.75) is 13.2 Å². The first-order valence-electron chi connectivity index (χ1n) is 8.99. The molecule has 0 aromatic heterocycles. The first-order chi connectivity index (χ1) is 13.6. The molecule has 0 heterocycles. The van der Waals surface area contributed by atoms with Crippen molar-refractivity contribution in [3.8, 4) is 0 Å². The molecule has 0 saturated heterocycles. The van der Waals surface area contributed by atoms with Gasteiger partial charge < -0.3 is 15.4 Å². The van der Waals surface area contributed by atoms with E-state index in [1.54, 1.807) is 29.2 Å². The van der Waals surface area contributed by atoms with Crippen molar-refractivity contribution < 1.29 is 14.3 Å². The van der Waals surface area contributed by atoms with Crippen LogP contribution in [0.2, 0.25) is 0 Å². The average Bonchev–Trinajstić information content (AvgIpc) is 2.73. The number of rotatable bonds is 8. The van der Waals surface area contributed by atoms with Gasteiger partial charge in [0, 0.05) is 11.3 Å². The van der Waals surface area contributed by atoms with E-state index >= 15 is 0 Å². The molecule has 3 aromatic carbocycles. The Morgan fingerprint density at radius 1 is 0.821 bits per heavy atom. The molecule has 0 spiro atoms. The van der Waals surface area contributed by atoms with Crippen LogP contribution in [0.1, 0.15) is 21.5 Å². The summed E-state index contributed by atoms with van der Waals surface area (Å²) in [6.07, 6.45) is 0. The summed E-state index contributed by atoms with van der Waals surface area (Å²) in [6, 6.07) is 26.1. The molecule has 28 heavy (non-hydrogen) atoms. The van der Waals surface area contributed by atoms with Crippen LogP contribution in [0, 0.1) is 0 Å². The molecule has 0 atom stereocenters. The molecule has 3 rings (SSSR count). The molecule has 0 unspecified atom stereocenters. The van der Waals surface area contributed by atoms with E-state index in [0.717, 1.165) is 11.1 Å². The summed E-state index contributed by atoms with van der Waals surface area (Å²) in [5.41, 5.74) is 8.33. The van der Waals surface area contributed by atoms with Crippen LogP contribution in [0.5, 0.6) is 0 Å². The molecule has 0 aliphatic heterocycles. The quantitative estimate of drug-likeness (QED) is 0.655. The lowest BCUT2D eigenvalue weighted by atomic mass is 10.1. The number of benzene rings is 3. The van der Waals surface area contributed by atoms with Crippen molar-refractivity contribution in [3.05, 3.63) is 102 Å². The Bertz CT molecular complexity index is 927. The van der Waals surface area contributed by atoms with Gasteiger partial charge in [0.15, 0.2) is 0 Å². The number of anilines is 1. The van der Waals surface area contributed by atoms with Crippen LogP contribution in [0.4, 0.5) is 5.69 Å². The summed E-state index contributed by atoms with van der Waals surface area (Å²) in [5, 5.41) is 0.